The number of amides is 3. The van der Waals surface area contributed by atoms with Gasteiger partial charge in [-0.05, 0) is 55.7 Å². The van der Waals surface area contributed by atoms with Gasteiger partial charge in [0.1, 0.15) is 0 Å². The molecular formula is C19H20ClN3O2. The molecule has 1 aliphatic rings. The molecule has 5 nitrogen and oxygen atoms in total. The van der Waals surface area contributed by atoms with Crippen molar-refractivity contribution in [3.63, 3.8) is 0 Å². The lowest BCUT2D eigenvalue weighted by atomic mass is 10.1. The van der Waals surface area contributed by atoms with Crippen molar-refractivity contribution in [2.24, 2.45) is 5.92 Å². The number of carbonyl (C=O) groups is 2. The molecule has 1 aliphatic carbocycles. The zero-order valence-corrected chi connectivity index (χ0v) is 14.6. The largest absolute Gasteiger partial charge is 0.331 e. The third-order valence-electron chi connectivity index (χ3n) is 4.06. The summed E-state index contributed by atoms with van der Waals surface area (Å²) in [5.74, 6) is 0.260. The van der Waals surface area contributed by atoms with Crippen LogP contribution in [0.25, 0.3) is 0 Å². The van der Waals surface area contributed by atoms with E-state index >= 15 is 0 Å². The second-order valence-electron chi connectivity index (χ2n) is 6.22. The van der Waals surface area contributed by atoms with Crippen molar-refractivity contribution in [3.05, 3.63) is 59.1 Å². The van der Waals surface area contributed by atoms with Gasteiger partial charge in [-0.3, -0.25) is 4.79 Å². The molecule has 0 bridgehead atoms. The summed E-state index contributed by atoms with van der Waals surface area (Å²) < 4.78 is 0. The predicted octanol–water partition coefficient (Wildman–Crippen LogP) is 4.57. The van der Waals surface area contributed by atoms with Gasteiger partial charge >= 0.3 is 6.03 Å². The van der Waals surface area contributed by atoms with Crippen LogP contribution in [0.5, 0.6) is 0 Å². The van der Waals surface area contributed by atoms with Crippen LogP contribution >= 0.6 is 11.6 Å². The molecule has 130 valence electrons. The Hall–Kier alpha value is -2.53. The Balaban J connectivity index is 1.54. The van der Waals surface area contributed by atoms with Gasteiger partial charge in [0.15, 0.2) is 0 Å². The minimum atomic E-state index is -0.305. The van der Waals surface area contributed by atoms with Crippen molar-refractivity contribution >= 4 is 34.9 Å². The number of rotatable bonds is 5. The summed E-state index contributed by atoms with van der Waals surface area (Å²) in [6, 6.07) is 14.0. The molecule has 3 amide bonds. The van der Waals surface area contributed by atoms with Gasteiger partial charge in [0, 0.05) is 22.3 Å². The van der Waals surface area contributed by atoms with Crippen LogP contribution in [0, 0.1) is 5.92 Å². The van der Waals surface area contributed by atoms with E-state index in [1.165, 1.54) is 0 Å². The Labute approximate surface area is 151 Å². The van der Waals surface area contributed by atoms with Crippen molar-refractivity contribution in [1.82, 2.24) is 5.32 Å². The summed E-state index contributed by atoms with van der Waals surface area (Å²) in [5, 5.41) is 9.08. The third kappa shape index (κ3) is 4.97. The fourth-order valence-electron chi connectivity index (χ4n) is 2.46. The monoisotopic (exact) mass is 357 g/mol. The van der Waals surface area contributed by atoms with Crippen LogP contribution in [0.1, 0.15) is 31.4 Å². The first-order valence-electron chi connectivity index (χ1n) is 8.25. The van der Waals surface area contributed by atoms with E-state index in [4.69, 9.17) is 11.6 Å². The molecule has 6 heteroatoms. The molecule has 25 heavy (non-hydrogen) atoms. The molecule has 1 fully saturated rings. The average Bonchev–Trinajstić information content (AvgIpc) is 3.40. The van der Waals surface area contributed by atoms with Gasteiger partial charge in [0.05, 0.1) is 6.04 Å². The Morgan fingerprint density at radius 3 is 2.40 bits per heavy atom. The molecule has 0 aromatic heterocycles. The van der Waals surface area contributed by atoms with E-state index in [0.717, 1.165) is 24.1 Å². The van der Waals surface area contributed by atoms with Crippen LogP contribution < -0.4 is 16.0 Å². The number of halogens is 1. The first-order chi connectivity index (χ1) is 12.0. The topological polar surface area (TPSA) is 70.2 Å². The van der Waals surface area contributed by atoms with Gasteiger partial charge < -0.3 is 16.0 Å². The highest BCUT2D eigenvalue weighted by Crippen LogP contribution is 2.30. The van der Waals surface area contributed by atoms with Crippen molar-refractivity contribution in [2.75, 3.05) is 10.6 Å². The minimum Gasteiger partial charge on any atom is -0.331 e. The maximum Gasteiger partial charge on any atom is 0.319 e. The number of carbonyl (C=O) groups excluding carboxylic acids is 2. The number of hydrogen-bond donors (Lipinski definition) is 3. The number of hydrogen-bond acceptors (Lipinski definition) is 2. The van der Waals surface area contributed by atoms with Gasteiger partial charge in [0.25, 0.3) is 0 Å². The second kappa shape index (κ2) is 7.57. The lowest BCUT2D eigenvalue weighted by Gasteiger charge is -2.16. The van der Waals surface area contributed by atoms with E-state index in [-0.39, 0.29) is 23.9 Å². The Kier molecular flexibility index (Phi) is 5.24. The first kappa shape index (κ1) is 17.3. The zero-order chi connectivity index (χ0) is 17.8. The predicted molar refractivity (Wildman–Crippen MR) is 99.8 cm³/mol. The Bertz CT molecular complexity index is 772. The molecular weight excluding hydrogens is 338 g/mol. The van der Waals surface area contributed by atoms with E-state index in [9.17, 15) is 9.59 Å². The lowest BCUT2D eigenvalue weighted by Crippen LogP contribution is -2.31. The number of anilines is 2. The van der Waals surface area contributed by atoms with Gasteiger partial charge in [-0.15, -0.1) is 0 Å². The molecule has 2 aromatic carbocycles. The second-order valence-corrected chi connectivity index (χ2v) is 6.65. The van der Waals surface area contributed by atoms with E-state index < -0.39 is 0 Å². The molecule has 0 spiro atoms. The summed E-state index contributed by atoms with van der Waals surface area (Å²) >= 11 is 5.90. The Morgan fingerprint density at radius 2 is 1.76 bits per heavy atom. The Morgan fingerprint density at radius 1 is 1.04 bits per heavy atom. The van der Waals surface area contributed by atoms with Crippen molar-refractivity contribution in [3.8, 4) is 0 Å². The highest BCUT2D eigenvalue weighted by Gasteiger charge is 2.29. The maximum atomic E-state index is 12.1. The van der Waals surface area contributed by atoms with Crippen molar-refractivity contribution in [2.45, 2.75) is 25.8 Å². The van der Waals surface area contributed by atoms with Crippen LogP contribution in [0.3, 0.4) is 0 Å². The molecule has 3 N–H and O–H groups in total. The summed E-state index contributed by atoms with van der Waals surface area (Å²) in [6.07, 6.45) is 1.96. The minimum absolute atomic E-state index is 0.0832. The van der Waals surface area contributed by atoms with Crippen LogP contribution in [-0.2, 0) is 4.79 Å². The van der Waals surface area contributed by atoms with Crippen LogP contribution in [-0.4, -0.2) is 11.9 Å². The quantitative estimate of drug-likeness (QED) is 0.733. The summed E-state index contributed by atoms with van der Waals surface area (Å²) in [7, 11) is 0. The first-order valence-corrected chi connectivity index (χ1v) is 8.63. The molecule has 0 saturated heterocycles. The van der Waals surface area contributed by atoms with Gasteiger partial charge in [-0.25, -0.2) is 4.79 Å². The maximum absolute atomic E-state index is 12.1. The lowest BCUT2D eigenvalue weighted by molar-refractivity contribution is -0.117. The molecule has 3 rings (SSSR count). The van der Waals surface area contributed by atoms with E-state index in [1.807, 2.05) is 31.2 Å². The number of benzene rings is 2. The summed E-state index contributed by atoms with van der Waals surface area (Å²) in [5.41, 5.74) is 2.36. The SMILES string of the molecule is CC(NC(=O)Nc1cccc(Cl)c1)c1ccc(NC(=O)C2CC2)cc1. The van der Waals surface area contributed by atoms with Crippen molar-refractivity contribution in [1.29, 1.82) is 0 Å². The third-order valence-corrected chi connectivity index (χ3v) is 4.29. The normalized spacial score (nSPS) is 14.5. The smallest absolute Gasteiger partial charge is 0.319 e. The molecule has 0 radical (unpaired) electrons. The molecule has 1 saturated carbocycles. The summed E-state index contributed by atoms with van der Waals surface area (Å²) in [4.78, 5) is 23.8. The fourth-order valence-corrected chi connectivity index (χ4v) is 2.65. The van der Waals surface area contributed by atoms with Gasteiger partial charge in [-0.2, -0.15) is 0 Å². The molecule has 0 aliphatic heterocycles. The number of urea groups is 1. The van der Waals surface area contributed by atoms with Crippen molar-refractivity contribution < 1.29 is 9.59 Å². The van der Waals surface area contributed by atoms with Crippen LogP contribution in [0.2, 0.25) is 5.02 Å². The molecule has 2 aromatic rings. The highest BCUT2D eigenvalue weighted by molar-refractivity contribution is 6.30. The highest BCUT2D eigenvalue weighted by atomic mass is 35.5. The average molecular weight is 358 g/mol. The zero-order valence-electron chi connectivity index (χ0n) is 13.9. The van der Waals surface area contributed by atoms with Crippen LogP contribution in [0.15, 0.2) is 48.5 Å². The molecule has 1 atom stereocenters. The molecule has 1 unspecified atom stereocenters. The fraction of sp³-hybridized carbons (Fsp3) is 0.263. The van der Waals surface area contributed by atoms with Gasteiger partial charge in [-0.1, -0.05) is 29.8 Å². The van der Waals surface area contributed by atoms with Crippen LogP contribution in [0.4, 0.5) is 16.2 Å². The summed E-state index contributed by atoms with van der Waals surface area (Å²) in [6.45, 7) is 1.90. The molecule has 0 heterocycles. The van der Waals surface area contributed by atoms with E-state index in [0.29, 0.717) is 10.7 Å². The number of nitrogens with one attached hydrogen (secondary N) is 3. The van der Waals surface area contributed by atoms with E-state index in [1.54, 1.807) is 24.3 Å². The van der Waals surface area contributed by atoms with E-state index in [2.05, 4.69) is 16.0 Å². The standard InChI is InChI=1S/C19H20ClN3O2/c1-12(21-19(25)23-17-4-2-3-15(20)11-17)13-7-9-16(10-8-13)22-18(24)14-5-6-14/h2-4,7-12,14H,5-6H2,1H3,(H,22,24)(H2,21,23,25). The van der Waals surface area contributed by atoms with Gasteiger partial charge in [0.2, 0.25) is 5.91 Å².